The second kappa shape index (κ2) is 8.06. The fourth-order valence-electron chi connectivity index (χ4n) is 2.84. The summed E-state index contributed by atoms with van der Waals surface area (Å²) in [4.78, 5) is 12.1. The average molecular weight is 402 g/mol. The van der Waals surface area contributed by atoms with Crippen molar-refractivity contribution >= 4 is 39.2 Å². The lowest BCUT2D eigenvalue weighted by Gasteiger charge is -2.35. The molecule has 4 nitrogen and oxygen atoms in total. The van der Waals surface area contributed by atoms with Crippen LogP contribution in [0.4, 0.5) is 4.39 Å². The Labute approximate surface area is 149 Å². The van der Waals surface area contributed by atoms with Crippen molar-refractivity contribution in [3.63, 3.8) is 0 Å². The third kappa shape index (κ3) is 4.88. The van der Waals surface area contributed by atoms with Gasteiger partial charge < -0.3 is 5.32 Å². The van der Waals surface area contributed by atoms with Crippen LogP contribution in [0.3, 0.4) is 0 Å². The first-order chi connectivity index (χ1) is 10.9. The second-order valence-corrected chi connectivity index (χ2v) is 7.31. The minimum atomic E-state index is -0.404. The number of hydrogen-bond acceptors (Lipinski definition) is 2. The van der Waals surface area contributed by atoms with E-state index in [0.717, 1.165) is 6.42 Å². The Morgan fingerprint density at radius 3 is 2.74 bits per heavy atom. The lowest BCUT2D eigenvalue weighted by atomic mass is 9.78. The molecule has 23 heavy (non-hydrogen) atoms. The van der Waals surface area contributed by atoms with E-state index < -0.39 is 5.82 Å². The van der Waals surface area contributed by atoms with Gasteiger partial charge in [0.15, 0.2) is 5.11 Å². The fraction of sp³-hybridized carbons (Fsp3) is 0.500. The molecule has 1 aromatic carbocycles. The molecule has 1 aliphatic rings. The summed E-state index contributed by atoms with van der Waals surface area (Å²) < 4.78 is 13.4. The predicted molar refractivity (Wildman–Crippen MR) is 96.4 cm³/mol. The van der Waals surface area contributed by atoms with Gasteiger partial charge in [-0.1, -0.05) is 26.7 Å². The van der Waals surface area contributed by atoms with E-state index in [1.54, 1.807) is 0 Å². The van der Waals surface area contributed by atoms with Gasteiger partial charge in [0, 0.05) is 10.5 Å². The molecule has 0 heterocycles. The van der Waals surface area contributed by atoms with Crippen LogP contribution in [0, 0.1) is 17.7 Å². The first-order valence-electron chi connectivity index (χ1n) is 7.70. The SMILES string of the molecule is C[C@H]1[C@@H](NC(=S)NNC(=O)c2ccc(F)cc2Br)CCC[C@@H]1C. The predicted octanol–water partition coefficient (Wildman–Crippen LogP) is 3.52. The Bertz CT molecular complexity index is 599. The summed E-state index contributed by atoms with van der Waals surface area (Å²) in [6.07, 6.45) is 3.50. The minimum absolute atomic E-state index is 0.313. The number of carbonyl (C=O) groups is 1. The number of halogens is 2. The van der Waals surface area contributed by atoms with Crippen LogP contribution in [-0.2, 0) is 0 Å². The quantitative estimate of drug-likeness (QED) is 0.524. The van der Waals surface area contributed by atoms with Gasteiger partial charge in [-0.15, -0.1) is 0 Å². The van der Waals surface area contributed by atoms with Crippen LogP contribution in [0.2, 0.25) is 0 Å². The van der Waals surface area contributed by atoms with Crippen molar-refractivity contribution in [2.24, 2.45) is 11.8 Å². The fourth-order valence-corrected chi connectivity index (χ4v) is 3.58. The summed E-state index contributed by atoms with van der Waals surface area (Å²) in [6, 6.07) is 4.21. The molecule has 1 amide bonds. The van der Waals surface area contributed by atoms with E-state index in [2.05, 4.69) is 45.9 Å². The van der Waals surface area contributed by atoms with Crippen molar-refractivity contribution < 1.29 is 9.18 Å². The third-order valence-corrected chi connectivity index (χ3v) is 5.36. The zero-order valence-electron chi connectivity index (χ0n) is 13.2. The van der Waals surface area contributed by atoms with Gasteiger partial charge in [-0.2, -0.15) is 0 Å². The van der Waals surface area contributed by atoms with Gasteiger partial charge in [0.05, 0.1) is 5.56 Å². The number of hydrazine groups is 1. The highest BCUT2D eigenvalue weighted by molar-refractivity contribution is 9.10. The summed E-state index contributed by atoms with van der Waals surface area (Å²) >= 11 is 8.41. The van der Waals surface area contributed by atoms with E-state index in [4.69, 9.17) is 12.2 Å². The molecule has 0 saturated heterocycles. The normalized spacial score (nSPS) is 23.9. The van der Waals surface area contributed by atoms with Gasteiger partial charge in [-0.05, 0) is 64.6 Å². The van der Waals surface area contributed by atoms with Crippen LogP contribution in [0.15, 0.2) is 22.7 Å². The molecule has 3 N–H and O–H groups in total. The lowest BCUT2D eigenvalue weighted by molar-refractivity contribution is 0.0942. The summed E-state index contributed by atoms with van der Waals surface area (Å²) in [7, 11) is 0. The van der Waals surface area contributed by atoms with Crippen molar-refractivity contribution in [3.05, 3.63) is 34.1 Å². The van der Waals surface area contributed by atoms with Gasteiger partial charge in [0.1, 0.15) is 5.82 Å². The number of hydrogen-bond donors (Lipinski definition) is 3. The zero-order valence-corrected chi connectivity index (χ0v) is 15.6. The Kier molecular flexibility index (Phi) is 6.35. The first kappa shape index (κ1) is 18.1. The van der Waals surface area contributed by atoms with E-state index in [1.807, 2.05) is 0 Å². The van der Waals surface area contributed by atoms with Gasteiger partial charge in [-0.3, -0.25) is 15.6 Å². The lowest BCUT2D eigenvalue weighted by Crippen LogP contribution is -2.52. The van der Waals surface area contributed by atoms with Crippen LogP contribution >= 0.6 is 28.1 Å². The van der Waals surface area contributed by atoms with E-state index in [-0.39, 0.29) is 5.91 Å². The molecular formula is C16H21BrFN3OS. The average Bonchev–Trinajstić information content (AvgIpc) is 2.49. The number of nitrogens with one attached hydrogen (secondary N) is 3. The smallest absolute Gasteiger partial charge is 0.270 e. The summed E-state index contributed by atoms with van der Waals surface area (Å²) in [5, 5.41) is 3.65. The number of carbonyl (C=O) groups excluding carboxylic acids is 1. The maximum absolute atomic E-state index is 13.0. The van der Waals surface area contributed by atoms with Gasteiger partial charge >= 0.3 is 0 Å². The molecule has 2 rings (SSSR count). The highest BCUT2D eigenvalue weighted by atomic mass is 79.9. The highest BCUT2D eigenvalue weighted by Crippen LogP contribution is 2.29. The van der Waals surface area contributed by atoms with Crippen molar-refractivity contribution in [2.75, 3.05) is 0 Å². The standard InChI is InChI=1S/C16H21BrFN3OS/c1-9-4-3-5-14(10(9)2)19-16(23)21-20-15(22)12-7-6-11(18)8-13(12)17/h6-10,14H,3-5H2,1-2H3,(H,20,22)(H2,19,21,23)/t9-,10+,14-/m0/s1. The highest BCUT2D eigenvalue weighted by Gasteiger charge is 2.27. The van der Waals surface area contributed by atoms with Crippen LogP contribution in [0.5, 0.6) is 0 Å². The molecule has 0 aliphatic heterocycles. The molecule has 7 heteroatoms. The minimum Gasteiger partial charge on any atom is -0.358 e. The van der Waals surface area contributed by atoms with Gasteiger partial charge in [0.25, 0.3) is 5.91 Å². The van der Waals surface area contributed by atoms with Crippen LogP contribution in [0.1, 0.15) is 43.5 Å². The molecule has 0 bridgehead atoms. The van der Waals surface area contributed by atoms with Crippen LogP contribution in [0.25, 0.3) is 0 Å². The molecule has 1 fully saturated rings. The van der Waals surface area contributed by atoms with Crippen molar-refractivity contribution in [1.82, 2.24) is 16.2 Å². The summed E-state index contributed by atoms with van der Waals surface area (Å²) in [5.41, 5.74) is 5.58. The van der Waals surface area contributed by atoms with E-state index in [9.17, 15) is 9.18 Å². The monoisotopic (exact) mass is 401 g/mol. The first-order valence-corrected chi connectivity index (χ1v) is 8.90. The summed E-state index contributed by atoms with van der Waals surface area (Å²) in [5.74, 6) is 0.407. The van der Waals surface area contributed by atoms with E-state index in [0.29, 0.717) is 33.0 Å². The molecule has 0 spiro atoms. The Morgan fingerprint density at radius 1 is 1.30 bits per heavy atom. The largest absolute Gasteiger partial charge is 0.358 e. The van der Waals surface area contributed by atoms with Gasteiger partial charge in [-0.25, -0.2) is 4.39 Å². The maximum atomic E-state index is 13.0. The molecule has 0 aromatic heterocycles. The third-order valence-electron chi connectivity index (χ3n) is 4.49. The molecule has 1 aliphatic carbocycles. The molecule has 3 atom stereocenters. The van der Waals surface area contributed by atoms with Gasteiger partial charge in [0.2, 0.25) is 0 Å². The number of amides is 1. The zero-order chi connectivity index (χ0) is 17.0. The van der Waals surface area contributed by atoms with Crippen LogP contribution in [-0.4, -0.2) is 17.1 Å². The van der Waals surface area contributed by atoms with E-state index in [1.165, 1.54) is 31.0 Å². The molecule has 1 aromatic rings. The van der Waals surface area contributed by atoms with Crippen molar-refractivity contribution in [1.29, 1.82) is 0 Å². The molecule has 126 valence electrons. The Hall–Kier alpha value is -1.21. The maximum Gasteiger partial charge on any atom is 0.270 e. The number of rotatable bonds is 2. The topological polar surface area (TPSA) is 53.2 Å². The molecular weight excluding hydrogens is 381 g/mol. The molecule has 0 unspecified atom stereocenters. The Morgan fingerprint density at radius 2 is 2.04 bits per heavy atom. The Balaban J connectivity index is 1.85. The molecule has 1 saturated carbocycles. The molecule has 0 radical (unpaired) electrons. The van der Waals surface area contributed by atoms with E-state index >= 15 is 0 Å². The second-order valence-electron chi connectivity index (χ2n) is 6.05. The summed E-state index contributed by atoms with van der Waals surface area (Å²) in [6.45, 7) is 4.47. The van der Waals surface area contributed by atoms with Crippen molar-refractivity contribution in [3.8, 4) is 0 Å². The van der Waals surface area contributed by atoms with Crippen molar-refractivity contribution in [2.45, 2.75) is 39.2 Å². The number of benzene rings is 1. The van der Waals surface area contributed by atoms with Crippen LogP contribution < -0.4 is 16.2 Å². The number of thiocarbonyl (C=S) groups is 1.